The number of thiazole rings is 1. The number of aromatic nitrogens is 1. The molecule has 0 aliphatic carbocycles. The molecule has 0 unspecified atom stereocenters. The minimum absolute atomic E-state index is 0.214. The molecule has 0 fully saturated rings. The van der Waals surface area contributed by atoms with Crippen molar-refractivity contribution in [3.05, 3.63) is 64.2 Å². The summed E-state index contributed by atoms with van der Waals surface area (Å²) in [5.74, 6) is -1.43. The monoisotopic (exact) mass is 372 g/mol. The second-order valence-corrected chi connectivity index (χ2v) is 6.60. The Morgan fingerprint density at radius 2 is 1.96 bits per heavy atom. The molecule has 134 valence electrons. The molecule has 3 rings (SSSR count). The summed E-state index contributed by atoms with van der Waals surface area (Å²) >= 11 is 1.15. The Balaban J connectivity index is 2.15. The highest BCUT2D eigenvalue weighted by atomic mass is 32.1. The molecule has 0 radical (unpaired) electrons. The molecule has 2 aromatic carbocycles. The van der Waals surface area contributed by atoms with Crippen LogP contribution in [0.4, 0.5) is 4.39 Å². The Morgan fingerprint density at radius 3 is 2.69 bits per heavy atom. The fraction of sp³-hybridized carbons (Fsp3) is 0.211. The van der Waals surface area contributed by atoms with Crippen LogP contribution in [-0.2, 0) is 16.1 Å². The van der Waals surface area contributed by atoms with Gasteiger partial charge < -0.3 is 9.30 Å². The first-order valence-corrected chi connectivity index (χ1v) is 8.91. The first kappa shape index (κ1) is 18.0. The highest BCUT2D eigenvalue weighted by Crippen LogP contribution is 2.20. The Bertz CT molecular complexity index is 1050. The second kappa shape index (κ2) is 7.61. The number of benzene rings is 2. The van der Waals surface area contributed by atoms with Crippen molar-refractivity contribution in [2.45, 2.75) is 20.4 Å². The number of amides is 1. The van der Waals surface area contributed by atoms with E-state index in [9.17, 15) is 14.0 Å². The van der Waals surface area contributed by atoms with Gasteiger partial charge in [0.2, 0.25) is 0 Å². The van der Waals surface area contributed by atoms with Gasteiger partial charge >= 0.3 is 5.97 Å². The van der Waals surface area contributed by atoms with E-state index in [2.05, 4.69) is 4.99 Å². The van der Waals surface area contributed by atoms with Crippen LogP contribution in [0.15, 0.2) is 47.5 Å². The molecule has 1 aromatic heterocycles. The first-order chi connectivity index (χ1) is 12.5. The Morgan fingerprint density at radius 1 is 1.19 bits per heavy atom. The molecule has 0 aliphatic heterocycles. The number of aryl methyl sites for hydroxylation is 1. The summed E-state index contributed by atoms with van der Waals surface area (Å²) in [6.07, 6.45) is 0. The van der Waals surface area contributed by atoms with Crippen molar-refractivity contribution in [3.8, 4) is 0 Å². The SMILES string of the molecule is CCOC(=O)Cn1c(=NC(=O)c2ccccc2C)sc2cccc(F)c21. The summed E-state index contributed by atoms with van der Waals surface area (Å²) in [5, 5.41) is 0. The quantitative estimate of drug-likeness (QED) is 0.659. The van der Waals surface area contributed by atoms with E-state index in [1.807, 2.05) is 19.1 Å². The number of rotatable bonds is 4. The van der Waals surface area contributed by atoms with E-state index >= 15 is 0 Å². The summed E-state index contributed by atoms with van der Waals surface area (Å²) < 4.78 is 21.3. The summed E-state index contributed by atoms with van der Waals surface area (Å²) in [4.78, 5) is 28.9. The maximum atomic E-state index is 14.3. The van der Waals surface area contributed by atoms with Crippen LogP contribution >= 0.6 is 11.3 Å². The van der Waals surface area contributed by atoms with Gasteiger partial charge in [0.05, 0.1) is 16.8 Å². The molecular formula is C19H17FN2O3S. The molecule has 0 saturated heterocycles. The maximum Gasteiger partial charge on any atom is 0.326 e. The number of carbonyl (C=O) groups excluding carboxylic acids is 2. The number of hydrogen-bond donors (Lipinski definition) is 0. The summed E-state index contributed by atoms with van der Waals surface area (Å²) in [6.45, 7) is 3.52. The lowest BCUT2D eigenvalue weighted by Gasteiger charge is -2.06. The summed E-state index contributed by atoms with van der Waals surface area (Å²) in [6, 6.07) is 11.7. The highest BCUT2D eigenvalue weighted by molar-refractivity contribution is 7.16. The maximum absolute atomic E-state index is 14.3. The molecule has 26 heavy (non-hydrogen) atoms. The molecular weight excluding hydrogens is 355 g/mol. The number of carbonyl (C=O) groups is 2. The van der Waals surface area contributed by atoms with Crippen molar-refractivity contribution >= 4 is 33.4 Å². The van der Waals surface area contributed by atoms with Crippen LogP contribution in [-0.4, -0.2) is 23.1 Å². The van der Waals surface area contributed by atoms with Gasteiger partial charge in [-0.3, -0.25) is 9.59 Å². The highest BCUT2D eigenvalue weighted by Gasteiger charge is 2.16. The van der Waals surface area contributed by atoms with E-state index in [4.69, 9.17) is 4.74 Å². The average Bonchev–Trinajstić information content (AvgIpc) is 2.94. The van der Waals surface area contributed by atoms with Crippen LogP contribution in [0, 0.1) is 12.7 Å². The van der Waals surface area contributed by atoms with E-state index in [0.717, 1.165) is 16.9 Å². The molecule has 0 aliphatic rings. The number of nitrogens with zero attached hydrogens (tertiary/aromatic N) is 2. The number of halogens is 1. The molecule has 1 amide bonds. The van der Waals surface area contributed by atoms with Crippen molar-refractivity contribution < 1.29 is 18.7 Å². The molecule has 0 spiro atoms. The summed E-state index contributed by atoms with van der Waals surface area (Å²) in [7, 11) is 0. The van der Waals surface area contributed by atoms with E-state index in [1.54, 1.807) is 31.2 Å². The van der Waals surface area contributed by atoms with E-state index < -0.39 is 17.7 Å². The van der Waals surface area contributed by atoms with Gasteiger partial charge in [-0.25, -0.2) is 4.39 Å². The fourth-order valence-electron chi connectivity index (χ4n) is 2.61. The lowest BCUT2D eigenvalue weighted by atomic mass is 10.1. The molecule has 1 heterocycles. The van der Waals surface area contributed by atoms with Crippen molar-refractivity contribution in [1.82, 2.24) is 4.57 Å². The van der Waals surface area contributed by atoms with E-state index in [1.165, 1.54) is 10.6 Å². The lowest BCUT2D eigenvalue weighted by molar-refractivity contribution is -0.143. The van der Waals surface area contributed by atoms with Gasteiger partial charge in [-0.05, 0) is 37.6 Å². The summed E-state index contributed by atoms with van der Waals surface area (Å²) in [5.41, 5.74) is 1.50. The zero-order valence-electron chi connectivity index (χ0n) is 14.4. The van der Waals surface area contributed by atoms with Gasteiger partial charge in [0.25, 0.3) is 5.91 Å². The lowest BCUT2D eigenvalue weighted by Crippen LogP contribution is -2.23. The van der Waals surface area contributed by atoms with Crippen LogP contribution in [0.3, 0.4) is 0 Å². The Labute approximate surface area is 153 Å². The molecule has 0 N–H and O–H groups in total. The van der Waals surface area contributed by atoms with Crippen LogP contribution in [0.1, 0.15) is 22.8 Å². The van der Waals surface area contributed by atoms with Gasteiger partial charge in [0.1, 0.15) is 12.4 Å². The van der Waals surface area contributed by atoms with Crippen LogP contribution in [0.2, 0.25) is 0 Å². The molecule has 5 nitrogen and oxygen atoms in total. The predicted octanol–water partition coefficient (Wildman–Crippen LogP) is 3.45. The third-order valence-corrected chi connectivity index (χ3v) is 4.86. The minimum Gasteiger partial charge on any atom is -0.465 e. The van der Waals surface area contributed by atoms with Crippen molar-refractivity contribution in [2.75, 3.05) is 6.61 Å². The zero-order valence-corrected chi connectivity index (χ0v) is 15.2. The largest absolute Gasteiger partial charge is 0.465 e. The third kappa shape index (κ3) is 3.57. The van der Waals surface area contributed by atoms with Gasteiger partial charge in [0.15, 0.2) is 4.80 Å². The molecule has 0 saturated carbocycles. The van der Waals surface area contributed by atoms with E-state index in [0.29, 0.717) is 10.3 Å². The number of para-hydroxylation sites is 1. The van der Waals surface area contributed by atoms with Gasteiger partial charge in [-0.2, -0.15) is 4.99 Å². The predicted molar refractivity (Wildman–Crippen MR) is 97.5 cm³/mol. The zero-order chi connectivity index (χ0) is 18.7. The average molecular weight is 372 g/mol. The van der Waals surface area contributed by atoms with Crippen molar-refractivity contribution in [2.24, 2.45) is 4.99 Å². The Hall–Kier alpha value is -2.80. The Kier molecular flexibility index (Phi) is 5.27. The van der Waals surface area contributed by atoms with Crippen molar-refractivity contribution in [3.63, 3.8) is 0 Å². The fourth-order valence-corrected chi connectivity index (χ4v) is 3.66. The number of esters is 1. The number of ether oxygens (including phenoxy) is 1. The first-order valence-electron chi connectivity index (χ1n) is 8.09. The van der Waals surface area contributed by atoms with Crippen LogP contribution in [0.5, 0.6) is 0 Å². The van der Waals surface area contributed by atoms with Crippen LogP contribution in [0.25, 0.3) is 10.2 Å². The van der Waals surface area contributed by atoms with E-state index in [-0.39, 0.29) is 23.5 Å². The number of fused-ring (bicyclic) bond motifs is 1. The van der Waals surface area contributed by atoms with Crippen molar-refractivity contribution in [1.29, 1.82) is 0 Å². The van der Waals surface area contributed by atoms with Gasteiger partial charge in [-0.15, -0.1) is 0 Å². The normalized spacial score (nSPS) is 11.7. The number of hydrogen-bond acceptors (Lipinski definition) is 4. The molecule has 3 aromatic rings. The van der Waals surface area contributed by atoms with Crippen LogP contribution < -0.4 is 4.80 Å². The smallest absolute Gasteiger partial charge is 0.326 e. The second-order valence-electron chi connectivity index (χ2n) is 5.59. The molecule has 7 heteroatoms. The topological polar surface area (TPSA) is 60.7 Å². The van der Waals surface area contributed by atoms with Gasteiger partial charge in [-0.1, -0.05) is 35.6 Å². The molecule has 0 atom stereocenters. The standard InChI is InChI=1S/C19H17FN2O3S/c1-3-25-16(23)11-22-17-14(20)9-6-10-15(17)26-19(22)21-18(24)13-8-5-4-7-12(13)2/h4-10H,3,11H2,1-2H3. The minimum atomic E-state index is -0.514. The third-order valence-electron chi connectivity index (χ3n) is 3.82. The van der Waals surface area contributed by atoms with Gasteiger partial charge in [0, 0.05) is 5.56 Å². The molecule has 0 bridgehead atoms.